The molecule has 0 radical (unpaired) electrons. The number of unbranched alkanes of at least 4 members (excludes halogenated alkanes) is 1. The monoisotopic (exact) mass is 267 g/mol. The molecule has 19 heavy (non-hydrogen) atoms. The lowest BCUT2D eigenvalue weighted by molar-refractivity contribution is -0.385. The Bertz CT molecular complexity index is 458. The van der Waals surface area contributed by atoms with Crippen LogP contribution >= 0.6 is 0 Å². The molecule has 0 heterocycles. The summed E-state index contributed by atoms with van der Waals surface area (Å²) in [5, 5.41) is 10.7. The first-order valence-electron chi connectivity index (χ1n) is 6.08. The van der Waals surface area contributed by atoms with E-state index in [1.165, 1.54) is 6.07 Å². The maximum absolute atomic E-state index is 11.3. The van der Waals surface area contributed by atoms with Crippen LogP contribution in [0.15, 0.2) is 18.2 Å². The highest BCUT2D eigenvalue weighted by Crippen LogP contribution is 2.23. The molecule has 0 aromatic heterocycles. The molecule has 0 unspecified atom stereocenters. The van der Waals surface area contributed by atoms with Crippen LogP contribution in [0.25, 0.3) is 0 Å². The summed E-state index contributed by atoms with van der Waals surface area (Å²) in [5.41, 5.74) is 0.514. The first kappa shape index (κ1) is 14.9. The van der Waals surface area contributed by atoms with Crippen LogP contribution in [0.4, 0.5) is 5.69 Å². The van der Waals surface area contributed by atoms with Gasteiger partial charge in [-0.2, -0.15) is 0 Å². The van der Waals surface area contributed by atoms with Gasteiger partial charge in [0.25, 0.3) is 5.69 Å². The van der Waals surface area contributed by atoms with Gasteiger partial charge in [-0.3, -0.25) is 10.1 Å². The van der Waals surface area contributed by atoms with Gasteiger partial charge in [-0.05, 0) is 25.5 Å². The van der Waals surface area contributed by atoms with Crippen molar-refractivity contribution >= 4 is 11.7 Å². The van der Waals surface area contributed by atoms with E-state index in [0.717, 1.165) is 12.8 Å². The van der Waals surface area contributed by atoms with Gasteiger partial charge in [0.2, 0.25) is 0 Å². The van der Waals surface area contributed by atoms with E-state index in [4.69, 9.17) is 9.47 Å². The number of esters is 1. The van der Waals surface area contributed by atoms with Gasteiger partial charge in [0, 0.05) is 5.56 Å². The van der Waals surface area contributed by atoms with E-state index < -0.39 is 10.9 Å². The molecule has 0 atom stereocenters. The van der Waals surface area contributed by atoms with Crippen molar-refractivity contribution in [3.05, 3.63) is 33.9 Å². The van der Waals surface area contributed by atoms with Gasteiger partial charge in [-0.15, -0.1) is 0 Å². The summed E-state index contributed by atoms with van der Waals surface area (Å²) in [4.78, 5) is 21.6. The van der Waals surface area contributed by atoms with Crippen LogP contribution < -0.4 is 4.74 Å². The standard InChI is InChI=1S/C13H17NO5/c1-3-4-7-18-13(15)9-19-11-6-5-10(2)12(8-11)14(16)17/h5-6,8H,3-4,7,9H2,1-2H3. The van der Waals surface area contributed by atoms with E-state index in [1.54, 1.807) is 19.1 Å². The third kappa shape index (κ3) is 4.95. The Balaban J connectivity index is 2.51. The Morgan fingerprint density at radius 1 is 1.42 bits per heavy atom. The number of ether oxygens (including phenoxy) is 2. The summed E-state index contributed by atoms with van der Waals surface area (Å²) in [6.07, 6.45) is 1.75. The molecular weight excluding hydrogens is 250 g/mol. The van der Waals surface area contributed by atoms with Crippen LogP contribution in [0.1, 0.15) is 25.3 Å². The van der Waals surface area contributed by atoms with E-state index >= 15 is 0 Å². The van der Waals surface area contributed by atoms with Gasteiger partial charge in [-0.1, -0.05) is 13.3 Å². The smallest absolute Gasteiger partial charge is 0.344 e. The van der Waals surface area contributed by atoms with Crippen molar-refractivity contribution in [1.82, 2.24) is 0 Å². The second-order valence-corrected chi connectivity index (χ2v) is 4.07. The summed E-state index contributed by atoms with van der Waals surface area (Å²) in [7, 11) is 0. The number of aryl methyl sites for hydroxylation is 1. The van der Waals surface area contributed by atoms with Gasteiger partial charge in [-0.25, -0.2) is 4.79 Å². The molecule has 1 rings (SSSR count). The molecule has 0 aliphatic carbocycles. The average molecular weight is 267 g/mol. The van der Waals surface area contributed by atoms with E-state index in [9.17, 15) is 14.9 Å². The van der Waals surface area contributed by atoms with Gasteiger partial charge < -0.3 is 9.47 Å². The van der Waals surface area contributed by atoms with Crippen molar-refractivity contribution in [1.29, 1.82) is 0 Å². The zero-order chi connectivity index (χ0) is 14.3. The molecule has 0 saturated carbocycles. The predicted octanol–water partition coefficient (Wildman–Crippen LogP) is 2.63. The summed E-state index contributed by atoms with van der Waals surface area (Å²) in [5.74, 6) is -0.193. The van der Waals surface area contributed by atoms with Crippen molar-refractivity contribution in [2.45, 2.75) is 26.7 Å². The molecule has 1 aromatic rings. The fourth-order valence-electron chi connectivity index (χ4n) is 1.39. The molecule has 104 valence electrons. The topological polar surface area (TPSA) is 78.7 Å². The zero-order valence-electron chi connectivity index (χ0n) is 11.0. The Labute approximate surface area is 111 Å². The number of carbonyl (C=O) groups is 1. The maximum atomic E-state index is 11.3. The normalized spacial score (nSPS) is 10.0. The highest BCUT2D eigenvalue weighted by molar-refractivity contribution is 5.71. The minimum Gasteiger partial charge on any atom is -0.482 e. The second-order valence-electron chi connectivity index (χ2n) is 4.07. The number of carbonyl (C=O) groups excluding carboxylic acids is 1. The molecule has 6 nitrogen and oxygen atoms in total. The van der Waals surface area contributed by atoms with Gasteiger partial charge in [0.05, 0.1) is 17.6 Å². The van der Waals surface area contributed by atoms with Crippen molar-refractivity contribution in [2.24, 2.45) is 0 Å². The van der Waals surface area contributed by atoms with E-state index in [0.29, 0.717) is 12.2 Å². The lowest BCUT2D eigenvalue weighted by Crippen LogP contribution is -2.15. The summed E-state index contributed by atoms with van der Waals surface area (Å²) >= 11 is 0. The fourth-order valence-corrected chi connectivity index (χ4v) is 1.39. The second kappa shape index (κ2) is 7.35. The molecular formula is C13H17NO5. The minimum atomic E-state index is -0.484. The van der Waals surface area contributed by atoms with Gasteiger partial charge in [0.15, 0.2) is 6.61 Å². The summed E-state index contributed by atoms with van der Waals surface area (Å²) < 4.78 is 10.1. The van der Waals surface area contributed by atoms with Crippen molar-refractivity contribution in [2.75, 3.05) is 13.2 Å². The lowest BCUT2D eigenvalue weighted by Gasteiger charge is -2.07. The van der Waals surface area contributed by atoms with Crippen LogP contribution in [0.3, 0.4) is 0 Å². The maximum Gasteiger partial charge on any atom is 0.344 e. The van der Waals surface area contributed by atoms with Crippen LogP contribution in [0.2, 0.25) is 0 Å². The van der Waals surface area contributed by atoms with E-state index in [1.807, 2.05) is 6.92 Å². The van der Waals surface area contributed by atoms with Crippen LogP contribution in [0, 0.1) is 17.0 Å². The SMILES string of the molecule is CCCCOC(=O)COc1ccc(C)c([N+](=O)[O-])c1. The number of nitro benzene ring substituents is 1. The van der Waals surface area contributed by atoms with E-state index in [-0.39, 0.29) is 18.0 Å². The van der Waals surface area contributed by atoms with Crippen LogP contribution in [-0.4, -0.2) is 24.1 Å². The first-order valence-corrected chi connectivity index (χ1v) is 6.08. The Hall–Kier alpha value is -2.11. The zero-order valence-corrected chi connectivity index (χ0v) is 11.0. The molecule has 0 spiro atoms. The first-order chi connectivity index (χ1) is 9.04. The summed E-state index contributed by atoms with van der Waals surface area (Å²) in [6.45, 7) is 3.76. The molecule has 0 aliphatic rings. The largest absolute Gasteiger partial charge is 0.482 e. The fraction of sp³-hybridized carbons (Fsp3) is 0.462. The van der Waals surface area contributed by atoms with E-state index in [2.05, 4.69) is 0 Å². The molecule has 0 saturated heterocycles. The Kier molecular flexibility index (Phi) is 5.78. The highest BCUT2D eigenvalue weighted by Gasteiger charge is 2.12. The predicted molar refractivity (Wildman–Crippen MR) is 69.2 cm³/mol. The minimum absolute atomic E-state index is 0.0307. The summed E-state index contributed by atoms with van der Waals surface area (Å²) in [6, 6.07) is 4.46. The average Bonchev–Trinajstić information content (AvgIpc) is 2.37. The quantitative estimate of drug-likeness (QED) is 0.328. The molecule has 0 amide bonds. The van der Waals surface area contributed by atoms with Crippen molar-refractivity contribution in [3.63, 3.8) is 0 Å². The Morgan fingerprint density at radius 3 is 2.79 bits per heavy atom. The lowest BCUT2D eigenvalue weighted by atomic mass is 10.2. The molecule has 0 N–H and O–H groups in total. The van der Waals surface area contributed by atoms with Crippen LogP contribution in [-0.2, 0) is 9.53 Å². The number of benzene rings is 1. The number of hydrogen-bond donors (Lipinski definition) is 0. The molecule has 0 bridgehead atoms. The van der Waals surface area contributed by atoms with Crippen LogP contribution in [0.5, 0.6) is 5.75 Å². The molecule has 0 fully saturated rings. The van der Waals surface area contributed by atoms with Gasteiger partial charge >= 0.3 is 5.97 Å². The number of nitro groups is 1. The molecule has 1 aromatic carbocycles. The third-order valence-electron chi connectivity index (χ3n) is 2.49. The third-order valence-corrected chi connectivity index (χ3v) is 2.49. The number of rotatable bonds is 7. The van der Waals surface area contributed by atoms with Crippen molar-refractivity contribution in [3.8, 4) is 5.75 Å². The molecule has 6 heteroatoms. The Morgan fingerprint density at radius 2 is 2.16 bits per heavy atom. The number of hydrogen-bond acceptors (Lipinski definition) is 5. The van der Waals surface area contributed by atoms with Gasteiger partial charge in [0.1, 0.15) is 5.75 Å². The van der Waals surface area contributed by atoms with Crippen molar-refractivity contribution < 1.29 is 19.2 Å². The highest BCUT2D eigenvalue weighted by atomic mass is 16.6. The molecule has 0 aliphatic heterocycles. The number of nitrogens with zero attached hydrogens (tertiary/aromatic N) is 1.